The summed E-state index contributed by atoms with van der Waals surface area (Å²) in [5.74, 6) is -2.78. The molecule has 0 radical (unpaired) electrons. The van der Waals surface area contributed by atoms with Crippen LogP contribution in [0.1, 0.15) is 58.3 Å². The molecule has 8 nitrogen and oxygen atoms in total. The van der Waals surface area contributed by atoms with Crippen LogP contribution in [0.4, 0.5) is 0 Å². The molecule has 1 atom stereocenters. The monoisotopic (exact) mass is 408 g/mol. The Morgan fingerprint density at radius 3 is 2.08 bits per heavy atom. The van der Waals surface area contributed by atoms with Crippen molar-refractivity contribution < 1.29 is 37.1 Å². The van der Waals surface area contributed by atoms with Crippen LogP contribution in [0.25, 0.3) is 0 Å². The molecule has 0 bridgehead atoms. The standard InChI is InChI=1S/C15H28O8S.K.H/c1-2-3-4-5-6-7-9-22-10-8-11-23-15(18)13(12-14(16)17)24(19,20)21;;/h13H,2-12H2,1H3,(H,16,17)(H,19,20,21);;. The first-order valence-corrected chi connectivity index (χ1v) is 9.71. The Morgan fingerprint density at radius 1 is 0.960 bits per heavy atom. The maximum absolute atomic E-state index is 11.5. The van der Waals surface area contributed by atoms with Gasteiger partial charge in [0.15, 0.2) is 5.25 Å². The fourth-order valence-corrected chi connectivity index (χ4v) is 2.65. The summed E-state index contributed by atoms with van der Waals surface area (Å²) < 4.78 is 40.9. The molecule has 0 saturated carbocycles. The Labute approximate surface area is 192 Å². The van der Waals surface area contributed by atoms with Gasteiger partial charge in [-0.3, -0.25) is 14.1 Å². The third-order valence-corrected chi connectivity index (χ3v) is 4.38. The van der Waals surface area contributed by atoms with E-state index in [9.17, 15) is 18.0 Å². The van der Waals surface area contributed by atoms with Gasteiger partial charge in [0.2, 0.25) is 0 Å². The van der Waals surface area contributed by atoms with E-state index >= 15 is 0 Å². The maximum atomic E-state index is 11.5. The van der Waals surface area contributed by atoms with Crippen molar-refractivity contribution in [2.75, 3.05) is 19.8 Å². The van der Waals surface area contributed by atoms with Gasteiger partial charge in [-0.15, -0.1) is 0 Å². The van der Waals surface area contributed by atoms with Gasteiger partial charge in [0.1, 0.15) is 0 Å². The van der Waals surface area contributed by atoms with E-state index < -0.39 is 33.7 Å². The minimum atomic E-state index is -4.81. The Kier molecular flexibility index (Phi) is 18.4. The summed E-state index contributed by atoms with van der Waals surface area (Å²) in [7, 11) is -4.81. The van der Waals surface area contributed by atoms with Crippen LogP contribution in [-0.2, 0) is 29.2 Å². The molecule has 1 unspecified atom stereocenters. The molecule has 0 heterocycles. The van der Waals surface area contributed by atoms with Crippen LogP contribution in [0.15, 0.2) is 0 Å². The normalized spacial score (nSPS) is 12.2. The Bertz CT molecular complexity index is 466. The first-order chi connectivity index (χ1) is 11.3. The van der Waals surface area contributed by atoms with Gasteiger partial charge in [-0.25, -0.2) is 0 Å². The molecular weight excluding hydrogens is 379 g/mol. The molecule has 0 rings (SSSR count). The number of ether oxygens (including phenoxy) is 2. The molecule has 0 saturated heterocycles. The van der Waals surface area contributed by atoms with E-state index in [1.54, 1.807) is 0 Å². The number of carbonyl (C=O) groups excluding carboxylic acids is 1. The van der Waals surface area contributed by atoms with E-state index in [0.29, 0.717) is 19.6 Å². The van der Waals surface area contributed by atoms with Crippen molar-refractivity contribution in [1.29, 1.82) is 0 Å². The first kappa shape index (κ1) is 27.7. The summed E-state index contributed by atoms with van der Waals surface area (Å²) in [4.78, 5) is 22.0. The number of rotatable bonds is 15. The summed E-state index contributed by atoms with van der Waals surface area (Å²) in [6.07, 6.45) is 6.29. The quantitative estimate of drug-likeness (QED) is 0.180. The van der Waals surface area contributed by atoms with Crippen LogP contribution in [0.2, 0.25) is 0 Å². The molecule has 25 heavy (non-hydrogen) atoms. The van der Waals surface area contributed by atoms with E-state index in [4.69, 9.17) is 14.4 Å². The molecule has 10 heteroatoms. The number of unbranched alkanes of at least 4 members (excludes halogenated alkanes) is 5. The van der Waals surface area contributed by atoms with Gasteiger partial charge in [0.05, 0.1) is 13.0 Å². The van der Waals surface area contributed by atoms with Gasteiger partial charge in [0.25, 0.3) is 10.1 Å². The topological polar surface area (TPSA) is 127 Å². The van der Waals surface area contributed by atoms with Gasteiger partial charge < -0.3 is 14.6 Å². The fourth-order valence-electron chi connectivity index (χ4n) is 1.98. The molecule has 0 aromatic carbocycles. The van der Waals surface area contributed by atoms with Gasteiger partial charge in [-0.05, 0) is 6.42 Å². The summed E-state index contributed by atoms with van der Waals surface area (Å²) in [5, 5.41) is 6.45. The van der Waals surface area contributed by atoms with E-state index in [2.05, 4.69) is 11.7 Å². The Hall–Kier alpha value is 0.446. The molecule has 0 aromatic rings. The Morgan fingerprint density at radius 2 is 1.52 bits per heavy atom. The molecule has 0 fully saturated rings. The minimum absolute atomic E-state index is 0. The second kappa shape index (κ2) is 16.6. The summed E-state index contributed by atoms with van der Waals surface area (Å²) in [6.45, 7) is 3.04. The van der Waals surface area contributed by atoms with E-state index in [-0.39, 0.29) is 58.0 Å². The van der Waals surface area contributed by atoms with Crippen molar-refractivity contribution in [2.45, 2.75) is 63.5 Å². The predicted octanol–water partition coefficient (Wildman–Crippen LogP) is 1.38. The summed E-state index contributed by atoms with van der Waals surface area (Å²) >= 11 is 0. The first-order valence-electron chi connectivity index (χ1n) is 8.21. The molecular formula is C15H29KO8S. The van der Waals surface area contributed by atoms with Crippen molar-refractivity contribution in [2.24, 2.45) is 0 Å². The molecule has 0 amide bonds. The summed E-state index contributed by atoms with van der Waals surface area (Å²) in [5.41, 5.74) is 0. The average Bonchev–Trinajstić information content (AvgIpc) is 2.48. The third kappa shape index (κ3) is 16.4. The molecule has 0 aromatic heterocycles. The second-order valence-corrected chi connectivity index (χ2v) is 7.10. The number of carbonyl (C=O) groups is 2. The van der Waals surface area contributed by atoms with Crippen molar-refractivity contribution >= 4 is 73.4 Å². The predicted molar refractivity (Wildman–Crippen MR) is 94.5 cm³/mol. The number of carboxylic acid groups (broad SMARTS) is 1. The van der Waals surface area contributed by atoms with Crippen LogP contribution in [0, 0.1) is 0 Å². The van der Waals surface area contributed by atoms with E-state index in [1.807, 2.05) is 0 Å². The third-order valence-electron chi connectivity index (χ3n) is 3.30. The van der Waals surface area contributed by atoms with Crippen LogP contribution in [0.5, 0.6) is 0 Å². The fraction of sp³-hybridized carbons (Fsp3) is 0.867. The van der Waals surface area contributed by atoms with E-state index in [0.717, 1.165) is 12.8 Å². The van der Waals surface area contributed by atoms with Crippen molar-refractivity contribution in [3.8, 4) is 0 Å². The van der Waals surface area contributed by atoms with Gasteiger partial charge in [-0.1, -0.05) is 39.0 Å². The average molecular weight is 409 g/mol. The molecule has 144 valence electrons. The van der Waals surface area contributed by atoms with Crippen molar-refractivity contribution in [1.82, 2.24) is 0 Å². The number of carboxylic acids is 1. The number of hydrogen-bond acceptors (Lipinski definition) is 6. The second-order valence-electron chi connectivity index (χ2n) is 5.50. The SMILES string of the molecule is CCCCCCCCOCCCOC(=O)C(CC(=O)O)S(=O)(=O)O.[KH]. The van der Waals surface area contributed by atoms with Crippen LogP contribution < -0.4 is 0 Å². The van der Waals surface area contributed by atoms with Crippen LogP contribution >= 0.6 is 0 Å². The zero-order chi connectivity index (χ0) is 18.4. The number of hydrogen-bond donors (Lipinski definition) is 2. The van der Waals surface area contributed by atoms with Crippen LogP contribution in [-0.4, -0.2) is 106 Å². The number of aliphatic carboxylic acids is 1. The molecule has 0 spiro atoms. The van der Waals surface area contributed by atoms with Crippen molar-refractivity contribution in [3.63, 3.8) is 0 Å². The zero-order valence-corrected chi connectivity index (χ0v) is 14.9. The van der Waals surface area contributed by atoms with E-state index in [1.165, 1.54) is 25.7 Å². The number of esters is 1. The van der Waals surface area contributed by atoms with Gasteiger partial charge in [0, 0.05) is 19.6 Å². The molecule has 0 aliphatic rings. The molecule has 0 aliphatic heterocycles. The van der Waals surface area contributed by atoms with Crippen molar-refractivity contribution in [3.05, 3.63) is 0 Å². The summed E-state index contributed by atoms with van der Waals surface area (Å²) in [6, 6.07) is 0. The van der Waals surface area contributed by atoms with Gasteiger partial charge >= 0.3 is 63.3 Å². The van der Waals surface area contributed by atoms with Gasteiger partial charge in [-0.2, -0.15) is 8.42 Å². The molecule has 2 N–H and O–H groups in total. The zero-order valence-electron chi connectivity index (χ0n) is 14.1. The van der Waals surface area contributed by atoms with Crippen LogP contribution in [0.3, 0.4) is 0 Å². The Balaban J connectivity index is 0. The molecule has 0 aliphatic carbocycles.